The van der Waals surface area contributed by atoms with Crippen LogP contribution in [0.15, 0.2) is 27.4 Å². The van der Waals surface area contributed by atoms with Gasteiger partial charge in [0, 0.05) is 0 Å². The number of para-hydroxylation sites is 1. The summed E-state index contributed by atoms with van der Waals surface area (Å²) < 4.78 is 15.4. The zero-order valence-electron chi connectivity index (χ0n) is 7.86. The van der Waals surface area contributed by atoms with Crippen LogP contribution in [0.5, 0.6) is 5.75 Å². The molecule has 0 radical (unpaired) electrons. The van der Waals surface area contributed by atoms with Gasteiger partial charge in [0.25, 0.3) is 0 Å². The van der Waals surface area contributed by atoms with Gasteiger partial charge in [-0.25, -0.2) is 4.79 Å². The smallest absolute Gasteiger partial charge is 0.417 e. The number of H-pyrrole nitrogens is 1. The lowest BCUT2D eigenvalue weighted by molar-refractivity contribution is 0.265. The fourth-order valence-electron chi connectivity index (χ4n) is 1.41. The molecule has 1 fully saturated rings. The standard InChI is InChI=1S/C10H9NO4/c12-10-11-9-7(14-5-6-4-13-6)2-1-3-8(9)15-10/h1-3,6H,4-5H2,(H,11,12)/t6-/m0/s1. The molecule has 0 unspecified atom stereocenters. The molecule has 15 heavy (non-hydrogen) atoms. The van der Waals surface area contributed by atoms with Gasteiger partial charge in [-0.3, -0.25) is 4.98 Å². The van der Waals surface area contributed by atoms with Gasteiger partial charge in [-0.05, 0) is 12.1 Å². The Morgan fingerprint density at radius 2 is 2.40 bits per heavy atom. The average molecular weight is 207 g/mol. The Labute approximate surface area is 84.6 Å². The summed E-state index contributed by atoms with van der Waals surface area (Å²) in [5.41, 5.74) is 1.11. The van der Waals surface area contributed by atoms with Crippen molar-refractivity contribution in [2.75, 3.05) is 13.2 Å². The van der Waals surface area contributed by atoms with E-state index in [2.05, 4.69) is 4.98 Å². The first-order chi connectivity index (χ1) is 7.33. The molecule has 0 bridgehead atoms. The third-order valence-electron chi connectivity index (χ3n) is 2.24. The van der Waals surface area contributed by atoms with Gasteiger partial charge in [0.15, 0.2) is 5.58 Å². The van der Waals surface area contributed by atoms with Crippen LogP contribution >= 0.6 is 0 Å². The van der Waals surface area contributed by atoms with Crippen LogP contribution in [-0.2, 0) is 4.74 Å². The Morgan fingerprint density at radius 3 is 3.20 bits per heavy atom. The van der Waals surface area contributed by atoms with Crippen LogP contribution in [0.1, 0.15) is 0 Å². The molecule has 1 aliphatic rings. The number of oxazole rings is 1. The van der Waals surface area contributed by atoms with E-state index < -0.39 is 5.76 Å². The highest BCUT2D eigenvalue weighted by Gasteiger charge is 2.23. The molecule has 1 saturated heterocycles. The zero-order valence-corrected chi connectivity index (χ0v) is 7.86. The summed E-state index contributed by atoms with van der Waals surface area (Å²) >= 11 is 0. The maximum absolute atomic E-state index is 11.0. The van der Waals surface area contributed by atoms with E-state index in [1.165, 1.54) is 0 Å². The number of hydrogen-bond acceptors (Lipinski definition) is 4. The highest BCUT2D eigenvalue weighted by atomic mass is 16.6. The van der Waals surface area contributed by atoms with Gasteiger partial charge in [0.2, 0.25) is 0 Å². The van der Waals surface area contributed by atoms with Crippen molar-refractivity contribution >= 4 is 11.1 Å². The fraction of sp³-hybridized carbons (Fsp3) is 0.300. The summed E-state index contributed by atoms with van der Waals surface area (Å²) in [6, 6.07) is 5.28. The Morgan fingerprint density at radius 1 is 1.53 bits per heavy atom. The molecule has 0 aliphatic carbocycles. The van der Waals surface area contributed by atoms with Crippen molar-refractivity contribution in [3.8, 4) is 5.75 Å². The van der Waals surface area contributed by atoms with Crippen molar-refractivity contribution in [1.29, 1.82) is 0 Å². The predicted molar refractivity (Wildman–Crippen MR) is 52.1 cm³/mol. The SMILES string of the molecule is O=c1[nH]c2c(OC[C@@H]3CO3)cccc2o1. The van der Waals surface area contributed by atoms with Gasteiger partial charge < -0.3 is 13.9 Å². The Bertz CT molecular complexity index is 538. The monoisotopic (exact) mass is 207 g/mol. The second-order valence-electron chi connectivity index (χ2n) is 3.41. The highest BCUT2D eigenvalue weighted by molar-refractivity contribution is 5.79. The minimum absolute atomic E-state index is 0.193. The summed E-state index contributed by atoms with van der Waals surface area (Å²) in [4.78, 5) is 13.6. The zero-order chi connectivity index (χ0) is 10.3. The van der Waals surface area contributed by atoms with Crippen LogP contribution in [0.25, 0.3) is 11.1 Å². The minimum Gasteiger partial charge on any atom is -0.488 e. The number of epoxide rings is 1. The third-order valence-corrected chi connectivity index (χ3v) is 2.24. The van der Waals surface area contributed by atoms with E-state index in [1.807, 2.05) is 0 Å². The van der Waals surface area contributed by atoms with Crippen LogP contribution in [-0.4, -0.2) is 24.3 Å². The molecule has 78 valence electrons. The average Bonchev–Trinajstić information content (AvgIpc) is 2.96. The van der Waals surface area contributed by atoms with Gasteiger partial charge >= 0.3 is 5.76 Å². The quantitative estimate of drug-likeness (QED) is 0.759. The number of rotatable bonds is 3. The molecule has 5 heteroatoms. The van der Waals surface area contributed by atoms with Crippen LogP contribution in [0, 0.1) is 0 Å². The van der Waals surface area contributed by atoms with E-state index in [1.54, 1.807) is 18.2 Å². The topological polar surface area (TPSA) is 67.8 Å². The largest absolute Gasteiger partial charge is 0.488 e. The number of ether oxygens (including phenoxy) is 2. The lowest BCUT2D eigenvalue weighted by Crippen LogP contribution is -2.04. The number of nitrogens with one attached hydrogen (secondary N) is 1. The van der Waals surface area contributed by atoms with Crippen LogP contribution < -0.4 is 10.5 Å². The van der Waals surface area contributed by atoms with Gasteiger partial charge in [-0.15, -0.1) is 0 Å². The summed E-state index contributed by atoms with van der Waals surface area (Å²) in [5.74, 6) is 0.151. The van der Waals surface area contributed by atoms with E-state index in [4.69, 9.17) is 13.9 Å². The lowest BCUT2D eigenvalue weighted by Gasteiger charge is -2.03. The molecular weight excluding hydrogens is 198 g/mol. The molecule has 1 N–H and O–H groups in total. The van der Waals surface area contributed by atoms with Crippen molar-refractivity contribution < 1.29 is 13.9 Å². The molecule has 0 spiro atoms. The third kappa shape index (κ3) is 1.61. The van der Waals surface area contributed by atoms with E-state index >= 15 is 0 Å². The van der Waals surface area contributed by atoms with Gasteiger partial charge in [-0.2, -0.15) is 0 Å². The first-order valence-corrected chi connectivity index (χ1v) is 4.69. The Hall–Kier alpha value is -1.75. The molecule has 1 aromatic carbocycles. The number of hydrogen-bond donors (Lipinski definition) is 1. The molecule has 0 amide bonds. The van der Waals surface area contributed by atoms with Crippen LogP contribution in [0.4, 0.5) is 0 Å². The molecule has 3 rings (SSSR count). The molecule has 1 atom stereocenters. The Kier molecular flexibility index (Phi) is 1.78. The number of aromatic nitrogens is 1. The maximum atomic E-state index is 11.0. The van der Waals surface area contributed by atoms with Crippen molar-refractivity contribution in [3.05, 3.63) is 28.7 Å². The van der Waals surface area contributed by atoms with Crippen molar-refractivity contribution in [2.24, 2.45) is 0 Å². The molecule has 5 nitrogen and oxygen atoms in total. The lowest BCUT2D eigenvalue weighted by atomic mass is 10.3. The van der Waals surface area contributed by atoms with Gasteiger partial charge in [-0.1, -0.05) is 6.07 Å². The molecule has 2 heterocycles. The maximum Gasteiger partial charge on any atom is 0.417 e. The summed E-state index contributed by atoms with van der Waals surface area (Å²) in [6.07, 6.45) is 0.193. The number of aromatic amines is 1. The van der Waals surface area contributed by atoms with E-state index in [9.17, 15) is 4.79 Å². The summed E-state index contributed by atoms with van der Waals surface area (Å²) in [6.45, 7) is 1.25. The van der Waals surface area contributed by atoms with E-state index in [0.29, 0.717) is 23.5 Å². The first-order valence-electron chi connectivity index (χ1n) is 4.69. The normalized spacial score (nSPS) is 19.3. The van der Waals surface area contributed by atoms with Crippen molar-refractivity contribution in [3.63, 3.8) is 0 Å². The van der Waals surface area contributed by atoms with Crippen LogP contribution in [0.3, 0.4) is 0 Å². The summed E-state index contributed by atoms with van der Waals surface area (Å²) in [5, 5.41) is 0. The minimum atomic E-state index is -0.469. The van der Waals surface area contributed by atoms with Crippen molar-refractivity contribution in [1.82, 2.24) is 4.98 Å². The van der Waals surface area contributed by atoms with E-state index in [-0.39, 0.29) is 6.10 Å². The Balaban J connectivity index is 1.96. The molecular formula is C10H9NO4. The first kappa shape index (κ1) is 8.55. The van der Waals surface area contributed by atoms with E-state index in [0.717, 1.165) is 6.61 Å². The van der Waals surface area contributed by atoms with Crippen molar-refractivity contribution in [2.45, 2.75) is 6.10 Å². The van der Waals surface area contributed by atoms with Gasteiger partial charge in [0.05, 0.1) is 6.61 Å². The summed E-state index contributed by atoms with van der Waals surface area (Å²) in [7, 11) is 0. The van der Waals surface area contributed by atoms with Crippen LogP contribution in [0.2, 0.25) is 0 Å². The van der Waals surface area contributed by atoms with Gasteiger partial charge in [0.1, 0.15) is 24.0 Å². The molecule has 0 saturated carbocycles. The molecule has 1 aromatic heterocycles. The number of benzene rings is 1. The number of fused-ring (bicyclic) bond motifs is 1. The molecule has 2 aromatic rings. The highest BCUT2D eigenvalue weighted by Crippen LogP contribution is 2.23. The fourth-order valence-corrected chi connectivity index (χ4v) is 1.41. The second-order valence-corrected chi connectivity index (χ2v) is 3.41. The molecule has 1 aliphatic heterocycles. The second kappa shape index (κ2) is 3.13. The predicted octanol–water partition coefficient (Wildman–Crippen LogP) is 0.899.